The summed E-state index contributed by atoms with van der Waals surface area (Å²) < 4.78 is 10.7. The molecule has 2 N–H and O–H groups in total. The number of hydrogen-bond donors (Lipinski definition) is 2. The van der Waals surface area contributed by atoms with Crippen molar-refractivity contribution in [2.24, 2.45) is 0 Å². The Balaban J connectivity index is 0.00000225. The Morgan fingerprint density at radius 1 is 1.00 bits per heavy atom. The van der Waals surface area contributed by atoms with E-state index in [4.69, 9.17) is 9.47 Å². The molecule has 28 heavy (non-hydrogen) atoms. The summed E-state index contributed by atoms with van der Waals surface area (Å²) in [7, 11) is 3.30. The molecular formula is C21H26ClN3O3. The molecule has 4 rings (SSSR count). The zero-order chi connectivity index (χ0) is 18.9. The topological polar surface area (TPSA) is 62.8 Å². The maximum absolute atomic E-state index is 12.5. The van der Waals surface area contributed by atoms with Crippen molar-refractivity contribution in [1.29, 1.82) is 0 Å². The lowest BCUT2D eigenvalue weighted by atomic mass is 9.92. The molecule has 0 saturated carbocycles. The summed E-state index contributed by atoms with van der Waals surface area (Å²) in [6.07, 6.45) is 1.72. The van der Waals surface area contributed by atoms with Gasteiger partial charge in [0.15, 0.2) is 11.5 Å². The molecular weight excluding hydrogens is 378 g/mol. The quantitative estimate of drug-likeness (QED) is 0.820. The molecule has 0 bridgehead atoms. The van der Waals surface area contributed by atoms with Crippen LogP contribution in [0.3, 0.4) is 0 Å². The van der Waals surface area contributed by atoms with E-state index in [2.05, 4.69) is 21.6 Å². The van der Waals surface area contributed by atoms with Crippen LogP contribution >= 0.6 is 12.4 Å². The Hall–Kier alpha value is -2.44. The van der Waals surface area contributed by atoms with Crippen LogP contribution in [0.25, 0.3) is 0 Å². The predicted octanol–water partition coefficient (Wildman–Crippen LogP) is 3.27. The smallest absolute Gasteiger partial charge is 0.255 e. The molecule has 1 fully saturated rings. The van der Waals surface area contributed by atoms with Crippen LogP contribution in [-0.4, -0.2) is 43.8 Å². The summed E-state index contributed by atoms with van der Waals surface area (Å²) in [5.74, 6) is 1.51. The molecule has 0 atom stereocenters. The fourth-order valence-corrected chi connectivity index (χ4v) is 3.94. The van der Waals surface area contributed by atoms with Crippen molar-refractivity contribution in [3.63, 3.8) is 0 Å². The number of carbonyl (C=O) groups is 1. The third-order valence-electron chi connectivity index (χ3n) is 5.46. The van der Waals surface area contributed by atoms with Crippen molar-refractivity contribution < 1.29 is 14.3 Å². The fourth-order valence-electron chi connectivity index (χ4n) is 3.94. The summed E-state index contributed by atoms with van der Waals surface area (Å²) in [5, 5.41) is 6.76. The van der Waals surface area contributed by atoms with Crippen LogP contribution in [0, 0.1) is 0 Å². The van der Waals surface area contributed by atoms with E-state index < -0.39 is 0 Å². The van der Waals surface area contributed by atoms with E-state index in [-0.39, 0.29) is 24.0 Å². The van der Waals surface area contributed by atoms with Crippen molar-refractivity contribution >= 4 is 24.0 Å². The number of amides is 1. The Morgan fingerprint density at radius 3 is 2.43 bits per heavy atom. The number of hydrogen-bond acceptors (Lipinski definition) is 5. The number of para-hydroxylation sites is 1. The van der Waals surface area contributed by atoms with Crippen molar-refractivity contribution in [3.8, 4) is 11.5 Å². The maximum Gasteiger partial charge on any atom is 0.255 e. The molecule has 1 amide bonds. The van der Waals surface area contributed by atoms with Crippen molar-refractivity contribution in [1.82, 2.24) is 10.2 Å². The Kier molecular flexibility index (Phi) is 6.01. The minimum absolute atomic E-state index is 0. The molecule has 0 unspecified atom stereocenters. The van der Waals surface area contributed by atoms with Gasteiger partial charge in [-0.15, -0.1) is 12.4 Å². The molecule has 2 aromatic carbocycles. The fraction of sp³-hybridized carbons (Fsp3) is 0.381. The highest BCUT2D eigenvalue weighted by atomic mass is 35.5. The number of rotatable bonds is 4. The second kappa shape index (κ2) is 8.29. The van der Waals surface area contributed by atoms with E-state index in [1.807, 2.05) is 36.4 Å². The van der Waals surface area contributed by atoms with E-state index in [1.54, 1.807) is 14.2 Å². The molecule has 1 saturated heterocycles. The van der Waals surface area contributed by atoms with Crippen LogP contribution in [0.15, 0.2) is 42.5 Å². The van der Waals surface area contributed by atoms with Crippen LogP contribution in [0.4, 0.5) is 5.69 Å². The number of ether oxygens (including phenoxy) is 2. The number of nitrogens with zero attached hydrogens (tertiary/aromatic N) is 1. The number of likely N-dealkylation sites (tertiary alicyclic amines) is 1. The van der Waals surface area contributed by atoms with Gasteiger partial charge in [0.05, 0.1) is 19.8 Å². The molecule has 0 aliphatic carbocycles. The monoisotopic (exact) mass is 403 g/mol. The van der Waals surface area contributed by atoms with E-state index in [1.165, 1.54) is 5.56 Å². The first kappa shape index (κ1) is 20.3. The summed E-state index contributed by atoms with van der Waals surface area (Å²) >= 11 is 0. The van der Waals surface area contributed by atoms with Gasteiger partial charge in [-0.3, -0.25) is 9.69 Å². The highest BCUT2D eigenvalue weighted by Gasteiger charge is 2.39. The van der Waals surface area contributed by atoms with E-state index in [0.29, 0.717) is 0 Å². The lowest BCUT2D eigenvalue weighted by molar-refractivity contribution is 0.0822. The third kappa shape index (κ3) is 3.88. The van der Waals surface area contributed by atoms with Crippen LogP contribution in [-0.2, 0) is 6.54 Å². The first-order valence-electron chi connectivity index (χ1n) is 9.25. The summed E-state index contributed by atoms with van der Waals surface area (Å²) in [6, 6.07) is 13.7. The number of piperidine rings is 1. The zero-order valence-corrected chi connectivity index (χ0v) is 17.0. The first-order chi connectivity index (χ1) is 13.1. The van der Waals surface area contributed by atoms with Crippen LogP contribution in [0.1, 0.15) is 28.8 Å². The summed E-state index contributed by atoms with van der Waals surface area (Å²) in [5.41, 5.74) is 2.49. The van der Waals surface area contributed by atoms with Crippen LogP contribution in [0.2, 0.25) is 0 Å². The third-order valence-corrected chi connectivity index (χ3v) is 5.46. The number of methoxy groups -OCH3 is 2. The van der Waals surface area contributed by atoms with Gasteiger partial charge in [0, 0.05) is 38.2 Å². The SMILES string of the molecule is COc1ccc(CN2CCC3(CC2)NC(=O)c2ccccc2N3)cc1OC.Cl. The van der Waals surface area contributed by atoms with Crippen molar-refractivity contribution in [2.75, 3.05) is 32.6 Å². The molecule has 0 radical (unpaired) electrons. The molecule has 2 aliphatic heterocycles. The molecule has 6 nitrogen and oxygen atoms in total. The van der Waals surface area contributed by atoms with Gasteiger partial charge < -0.3 is 20.1 Å². The van der Waals surface area contributed by atoms with Crippen LogP contribution < -0.4 is 20.1 Å². The lowest BCUT2D eigenvalue weighted by Gasteiger charge is -2.46. The second-order valence-electron chi connectivity index (χ2n) is 7.17. The minimum Gasteiger partial charge on any atom is -0.493 e. The van der Waals surface area contributed by atoms with E-state index in [9.17, 15) is 4.79 Å². The largest absolute Gasteiger partial charge is 0.493 e. The summed E-state index contributed by atoms with van der Waals surface area (Å²) in [4.78, 5) is 14.9. The summed E-state index contributed by atoms with van der Waals surface area (Å²) in [6.45, 7) is 2.66. The number of anilines is 1. The van der Waals surface area contributed by atoms with Crippen LogP contribution in [0.5, 0.6) is 11.5 Å². The van der Waals surface area contributed by atoms with Gasteiger partial charge in [0.25, 0.3) is 5.91 Å². The van der Waals surface area contributed by atoms with Gasteiger partial charge in [0.2, 0.25) is 0 Å². The van der Waals surface area contributed by atoms with Gasteiger partial charge in [-0.05, 0) is 29.8 Å². The standard InChI is InChI=1S/C21H25N3O3.ClH/c1-26-18-8-7-15(13-19(18)27-2)14-24-11-9-21(10-12-24)22-17-6-4-3-5-16(17)20(25)23-21;/h3-8,13,22H,9-12,14H2,1-2H3,(H,23,25);1H. The number of carbonyl (C=O) groups excluding carboxylic acids is 1. The van der Waals surface area contributed by atoms with Gasteiger partial charge >= 0.3 is 0 Å². The Morgan fingerprint density at radius 2 is 1.71 bits per heavy atom. The number of benzene rings is 2. The average molecular weight is 404 g/mol. The number of fused-ring (bicyclic) bond motifs is 1. The number of nitrogens with one attached hydrogen (secondary N) is 2. The molecule has 2 heterocycles. The van der Waals surface area contributed by atoms with E-state index in [0.717, 1.165) is 55.2 Å². The molecule has 2 aromatic rings. The van der Waals surface area contributed by atoms with Crippen molar-refractivity contribution in [3.05, 3.63) is 53.6 Å². The van der Waals surface area contributed by atoms with Gasteiger partial charge in [-0.2, -0.15) is 0 Å². The normalized spacial score (nSPS) is 17.7. The Bertz CT molecular complexity index is 851. The van der Waals surface area contributed by atoms with Crippen molar-refractivity contribution in [2.45, 2.75) is 25.0 Å². The maximum atomic E-state index is 12.5. The molecule has 1 spiro atoms. The highest BCUT2D eigenvalue weighted by Crippen LogP contribution is 2.32. The zero-order valence-electron chi connectivity index (χ0n) is 16.2. The molecule has 7 heteroatoms. The predicted molar refractivity (Wildman–Crippen MR) is 112 cm³/mol. The first-order valence-corrected chi connectivity index (χ1v) is 9.25. The second-order valence-corrected chi connectivity index (χ2v) is 7.17. The lowest BCUT2D eigenvalue weighted by Crippen LogP contribution is -2.62. The Labute approximate surface area is 171 Å². The van der Waals surface area contributed by atoms with E-state index >= 15 is 0 Å². The minimum atomic E-state index is -0.348. The van der Waals surface area contributed by atoms with Gasteiger partial charge in [0.1, 0.15) is 5.66 Å². The highest BCUT2D eigenvalue weighted by molar-refractivity contribution is 6.02. The number of halogens is 1. The van der Waals surface area contributed by atoms with Gasteiger partial charge in [-0.1, -0.05) is 18.2 Å². The average Bonchev–Trinajstić information content (AvgIpc) is 2.70. The molecule has 2 aliphatic rings. The molecule has 0 aromatic heterocycles. The van der Waals surface area contributed by atoms with Gasteiger partial charge in [-0.25, -0.2) is 0 Å². The molecule has 150 valence electrons.